The first-order chi connectivity index (χ1) is 10.7. The molecule has 0 heterocycles. The Morgan fingerprint density at radius 3 is 2.59 bits per heavy atom. The summed E-state index contributed by atoms with van der Waals surface area (Å²) in [5, 5.41) is 0. The summed E-state index contributed by atoms with van der Waals surface area (Å²) in [5.41, 5.74) is 1.75. The van der Waals surface area contributed by atoms with Gasteiger partial charge in [0.25, 0.3) is 0 Å². The summed E-state index contributed by atoms with van der Waals surface area (Å²) in [6.45, 7) is 3.84. The first kappa shape index (κ1) is 16.7. The van der Waals surface area contributed by atoms with Crippen molar-refractivity contribution in [1.29, 1.82) is 0 Å². The second kappa shape index (κ2) is 8.71. The molecule has 3 nitrogen and oxygen atoms in total. The number of carbonyl (C=O) groups excluding carboxylic acids is 1. The quantitative estimate of drug-likeness (QED) is 0.648. The van der Waals surface area contributed by atoms with Gasteiger partial charge in [-0.15, -0.1) is 0 Å². The molecule has 0 N–H and O–H groups in total. The highest BCUT2D eigenvalue weighted by atomic mass is 79.9. The standard InChI is InChI=1S/C18H19BrO3/c1-14(11-21-13-15-6-3-2-4-7-15)12-22-17-9-5-8-16(10-20)18(17)19/h2-10,14H,11-13H2,1H3. The second-order valence-corrected chi connectivity index (χ2v) is 5.99. The van der Waals surface area contributed by atoms with Crippen LogP contribution in [-0.2, 0) is 11.3 Å². The van der Waals surface area contributed by atoms with E-state index in [1.807, 2.05) is 36.4 Å². The Morgan fingerprint density at radius 2 is 1.86 bits per heavy atom. The molecular weight excluding hydrogens is 344 g/mol. The fourth-order valence-electron chi connectivity index (χ4n) is 1.96. The molecule has 0 aromatic heterocycles. The van der Waals surface area contributed by atoms with Crippen LogP contribution in [0.25, 0.3) is 0 Å². The van der Waals surface area contributed by atoms with Crippen LogP contribution in [-0.4, -0.2) is 19.5 Å². The van der Waals surface area contributed by atoms with E-state index in [1.54, 1.807) is 12.1 Å². The highest BCUT2D eigenvalue weighted by Gasteiger charge is 2.09. The third kappa shape index (κ3) is 4.97. The molecule has 0 aliphatic rings. The molecule has 0 fully saturated rings. The first-order valence-corrected chi connectivity index (χ1v) is 7.98. The van der Waals surface area contributed by atoms with E-state index in [9.17, 15) is 4.79 Å². The van der Waals surface area contributed by atoms with Crippen molar-refractivity contribution in [3.8, 4) is 5.75 Å². The summed E-state index contributed by atoms with van der Waals surface area (Å²) in [7, 11) is 0. The number of hydrogen-bond donors (Lipinski definition) is 0. The van der Waals surface area contributed by atoms with Gasteiger partial charge in [0.2, 0.25) is 0 Å². The van der Waals surface area contributed by atoms with Crippen LogP contribution in [0.2, 0.25) is 0 Å². The Morgan fingerprint density at radius 1 is 1.09 bits per heavy atom. The molecule has 0 spiro atoms. The predicted molar refractivity (Wildman–Crippen MR) is 90.3 cm³/mol. The maximum Gasteiger partial charge on any atom is 0.151 e. The van der Waals surface area contributed by atoms with Crippen molar-refractivity contribution in [2.75, 3.05) is 13.2 Å². The van der Waals surface area contributed by atoms with E-state index in [4.69, 9.17) is 9.47 Å². The highest BCUT2D eigenvalue weighted by molar-refractivity contribution is 9.10. The zero-order valence-corrected chi connectivity index (χ0v) is 14.1. The minimum absolute atomic E-state index is 0.260. The molecule has 2 rings (SSSR count). The largest absolute Gasteiger partial charge is 0.492 e. The fraction of sp³-hybridized carbons (Fsp3) is 0.278. The van der Waals surface area contributed by atoms with Crippen molar-refractivity contribution < 1.29 is 14.3 Å². The molecule has 1 unspecified atom stereocenters. The van der Waals surface area contributed by atoms with Gasteiger partial charge in [0, 0.05) is 11.5 Å². The molecule has 0 saturated carbocycles. The van der Waals surface area contributed by atoms with E-state index >= 15 is 0 Å². The van der Waals surface area contributed by atoms with Gasteiger partial charge in [0.1, 0.15) is 5.75 Å². The van der Waals surface area contributed by atoms with Crippen molar-refractivity contribution in [1.82, 2.24) is 0 Å². The predicted octanol–water partition coefficient (Wildman–Crippen LogP) is 4.49. The van der Waals surface area contributed by atoms with E-state index in [-0.39, 0.29) is 5.92 Å². The minimum Gasteiger partial charge on any atom is -0.492 e. The van der Waals surface area contributed by atoms with Gasteiger partial charge in [-0.1, -0.05) is 49.4 Å². The first-order valence-electron chi connectivity index (χ1n) is 7.19. The van der Waals surface area contributed by atoms with E-state index in [0.717, 1.165) is 11.8 Å². The fourth-order valence-corrected chi connectivity index (χ4v) is 2.43. The molecule has 116 valence electrons. The van der Waals surface area contributed by atoms with Crippen molar-refractivity contribution in [3.63, 3.8) is 0 Å². The Hall–Kier alpha value is -1.65. The van der Waals surface area contributed by atoms with Gasteiger partial charge in [-0.2, -0.15) is 0 Å². The molecule has 0 bridgehead atoms. The smallest absolute Gasteiger partial charge is 0.151 e. The zero-order chi connectivity index (χ0) is 15.8. The van der Waals surface area contributed by atoms with Gasteiger partial charge < -0.3 is 9.47 Å². The molecule has 1 atom stereocenters. The van der Waals surface area contributed by atoms with Crippen molar-refractivity contribution in [2.24, 2.45) is 5.92 Å². The lowest BCUT2D eigenvalue weighted by atomic mass is 10.2. The number of ether oxygens (including phenoxy) is 2. The molecular formula is C18H19BrO3. The third-order valence-corrected chi connectivity index (χ3v) is 4.01. The summed E-state index contributed by atoms with van der Waals surface area (Å²) in [6.07, 6.45) is 0.809. The van der Waals surface area contributed by atoms with E-state index in [0.29, 0.717) is 35.6 Å². The van der Waals surface area contributed by atoms with Crippen LogP contribution >= 0.6 is 15.9 Å². The Balaban J connectivity index is 1.76. The minimum atomic E-state index is 0.260. The summed E-state index contributed by atoms with van der Waals surface area (Å²) >= 11 is 3.39. The molecule has 0 aliphatic carbocycles. The lowest BCUT2D eigenvalue weighted by Crippen LogP contribution is -2.15. The van der Waals surface area contributed by atoms with Crippen LogP contribution < -0.4 is 4.74 Å². The monoisotopic (exact) mass is 362 g/mol. The lowest BCUT2D eigenvalue weighted by molar-refractivity contribution is 0.0740. The van der Waals surface area contributed by atoms with Gasteiger partial charge in [-0.3, -0.25) is 4.79 Å². The number of hydrogen-bond acceptors (Lipinski definition) is 3. The zero-order valence-electron chi connectivity index (χ0n) is 12.5. The summed E-state index contributed by atoms with van der Waals surface area (Å²) in [4.78, 5) is 10.9. The topological polar surface area (TPSA) is 35.5 Å². The molecule has 2 aromatic rings. The van der Waals surface area contributed by atoms with E-state index < -0.39 is 0 Å². The van der Waals surface area contributed by atoms with Gasteiger partial charge in [-0.25, -0.2) is 0 Å². The molecule has 22 heavy (non-hydrogen) atoms. The van der Waals surface area contributed by atoms with Crippen LogP contribution in [0.1, 0.15) is 22.8 Å². The number of rotatable bonds is 8. The SMILES string of the molecule is CC(COCc1ccccc1)COc1cccc(C=O)c1Br. The Kier molecular flexibility index (Phi) is 6.62. The van der Waals surface area contributed by atoms with Gasteiger partial charge >= 0.3 is 0 Å². The molecule has 0 saturated heterocycles. The average Bonchev–Trinajstić information content (AvgIpc) is 2.55. The number of benzene rings is 2. The summed E-state index contributed by atoms with van der Waals surface area (Å²) < 4.78 is 12.2. The van der Waals surface area contributed by atoms with Gasteiger partial charge in [0.15, 0.2) is 6.29 Å². The van der Waals surface area contributed by atoms with Crippen LogP contribution in [0.5, 0.6) is 5.75 Å². The highest BCUT2D eigenvalue weighted by Crippen LogP contribution is 2.27. The van der Waals surface area contributed by atoms with E-state index in [1.165, 1.54) is 0 Å². The lowest BCUT2D eigenvalue weighted by Gasteiger charge is -2.15. The van der Waals surface area contributed by atoms with Gasteiger partial charge in [-0.05, 0) is 27.6 Å². The molecule has 0 amide bonds. The number of halogens is 1. The maximum absolute atomic E-state index is 10.9. The van der Waals surface area contributed by atoms with Crippen LogP contribution in [0, 0.1) is 5.92 Å². The molecule has 0 aliphatic heterocycles. The second-order valence-electron chi connectivity index (χ2n) is 5.19. The third-order valence-electron chi connectivity index (χ3n) is 3.16. The summed E-state index contributed by atoms with van der Waals surface area (Å²) in [6, 6.07) is 15.5. The molecule has 4 heteroatoms. The van der Waals surface area contributed by atoms with Crippen LogP contribution in [0.3, 0.4) is 0 Å². The van der Waals surface area contributed by atoms with Crippen molar-refractivity contribution >= 4 is 22.2 Å². The maximum atomic E-state index is 10.9. The van der Waals surface area contributed by atoms with Crippen molar-refractivity contribution in [3.05, 3.63) is 64.1 Å². The average molecular weight is 363 g/mol. The molecule has 2 aromatic carbocycles. The Bertz CT molecular complexity index is 599. The summed E-state index contributed by atoms with van der Waals surface area (Å²) in [5.74, 6) is 0.940. The van der Waals surface area contributed by atoms with Crippen LogP contribution in [0.15, 0.2) is 53.0 Å². The Labute approximate surface area is 139 Å². The molecule has 0 radical (unpaired) electrons. The van der Waals surface area contributed by atoms with Crippen LogP contribution in [0.4, 0.5) is 0 Å². The van der Waals surface area contributed by atoms with E-state index in [2.05, 4.69) is 22.9 Å². The normalized spacial score (nSPS) is 11.9. The number of aldehydes is 1. The number of carbonyl (C=O) groups is 1. The van der Waals surface area contributed by atoms with Gasteiger partial charge in [0.05, 0.1) is 24.3 Å². The van der Waals surface area contributed by atoms with Crippen molar-refractivity contribution in [2.45, 2.75) is 13.5 Å².